The fraction of sp³-hybridized carbons (Fsp3) is 0.474. The number of hydrogen-bond donors (Lipinski definition) is 1. The quantitative estimate of drug-likeness (QED) is 0.733. The molecule has 9 heteroatoms. The van der Waals surface area contributed by atoms with Gasteiger partial charge in [-0.05, 0) is 56.8 Å². The predicted molar refractivity (Wildman–Crippen MR) is 98.6 cm³/mol. The molecule has 3 rings (SSSR count). The number of rotatable bonds is 4. The SMILES string of the molecule is Cc1ncsc1CN1CCC(Cc2ccccc2F)CC1.O=C(O)C(F)(F)F. The summed E-state index contributed by atoms with van der Waals surface area (Å²) in [6, 6.07) is 7.18. The Balaban J connectivity index is 0.000000345. The molecule has 0 saturated carbocycles. The highest BCUT2D eigenvalue weighted by Crippen LogP contribution is 2.25. The van der Waals surface area contributed by atoms with E-state index in [0.29, 0.717) is 5.92 Å². The van der Waals surface area contributed by atoms with E-state index in [1.807, 2.05) is 17.6 Å². The summed E-state index contributed by atoms with van der Waals surface area (Å²) in [5.74, 6) is -2.20. The number of halogens is 4. The molecule has 1 fully saturated rings. The molecular weight excluding hydrogens is 396 g/mol. The lowest BCUT2D eigenvalue weighted by Crippen LogP contribution is -2.33. The van der Waals surface area contributed by atoms with E-state index in [4.69, 9.17) is 9.90 Å². The summed E-state index contributed by atoms with van der Waals surface area (Å²) in [5.41, 5.74) is 3.96. The highest BCUT2D eigenvalue weighted by atomic mass is 32.1. The molecule has 2 heterocycles. The Bertz CT molecular complexity index is 771. The van der Waals surface area contributed by atoms with Gasteiger partial charge in [0.1, 0.15) is 5.82 Å². The van der Waals surface area contributed by atoms with Crippen LogP contribution in [0.25, 0.3) is 0 Å². The van der Waals surface area contributed by atoms with Crippen LogP contribution in [0.2, 0.25) is 0 Å². The summed E-state index contributed by atoms with van der Waals surface area (Å²) in [6.07, 6.45) is -1.89. The second-order valence-corrected chi connectivity index (χ2v) is 7.62. The minimum absolute atomic E-state index is 0.0554. The molecule has 0 unspecified atom stereocenters. The maximum Gasteiger partial charge on any atom is 0.490 e. The molecule has 0 aliphatic carbocycles. The summed E-state index contributed by atoms with van der Waals surface area (Å²) < 4.78 is 45.4. The molecule has 4 nitrogen and oxygen atoms in total. The molecule has 154 valence electrons. The summed E-state index contributed by atoms with van der Waals surface area (Å²) in [6.45, 7) is 5.31. The van der Waals surface area contributed by atoms with Crippen LogP contribution in [0, 0.1) is 18.7 Å². The number of carboxylic acid groups (broad SMARTS) is 1. The molecule has 1 aromatic carbocycles. The van der Waals surface area contributed by atoms with E-state index in [1.54, 1.807) is 23.5 Å². The Kier molecular flexibility index (Phi) is 7.94. The number of alkyl halides is 3. The Morgan fingerprint density at radius 3 is 2.39 bits per heavy atom. The monoisotopic (exact) mass is 418 g/mol. The van der Waals surface area contributed by atoms with Crippen LogP contribution >= 0.6 is 11.3 Å². The van der Waals surface area contributed by atoms with Crippen molar-refractivity contribution < 1.29 is 27.5 Å². The molecule has 2 aromatic rings. The van der Waals surface area contributed by atoms with Crippen molar-refractivity contribution in [2.24, 2.45) is 5.92 Å². The lowest BCUT2D eigenvalue weighted by atomic mass is 9.90. The van der Waals surface area contributed by atoms with Crippen molar-refractivity contribution in [3.63, 3.8) is 0 Å². The van der Waals surface area contributed by atoms with E-state index in [0.717, 1.165) is 50.2 Å². The van der Waals surface area contributed by atoms with Gasteiger partial charge < -0.3 is 5.11 Å². The van der Waals surface area contributed by atoms with Crippen LogP contribution in [0.4, 0.5) is 17.6 Å². The third-order valence-corrected chi connectivity index (χ3v) is 5.55. The maximum absolute atomic E-state index is 13.7. The smallest absolute Gasteiger partial charge is 0.475 e. The Labute approximate surface area is 164 Å². The second-order valence-electron chi connectivity index (χ2n) is 6.68. The van der Waals surface area contributed by atoms with Gasteiger partial charge in [-0.25, -0.2) is 14.2 Å². The van der Waals surface area contributed by atoms with Crippen LogP contribution in [0.1, 0.15) is 29.0 Å². The lowest BCUT2D eigenvalue weighted by molar-refractivity contribution is -0.192. The first-order chi connectivity index (χ1) is 13.2. The first-order valence-electron chi connectivity index (χ1n) is 8.81. The van der Waals surface area contributed by atoms with Crippen molar-refractivity contribution in [2.75, 3.05) is 13.1 Å². The van der Waals surface area contributed by atoms with Gasteiger partial charge in [0.25, 0.3) is 0 Å². The summed E-state index contributed by atoms with van der Waals surface area (Å²) >= 11 is 1.75. The van der Waals surface area contributed by atoms with Crippen LogP contribution in [0.15, 0.2) is 29.8 Å². The minimum atomic E-state index is -5.08. The number of aromatic nitrogens is 1. The van der Waals surface area contributed by atoms with Crippen molar-refractivity contribution in [3.05, 3.63) is 51.7 Å². The fourth-order valence-electron chi connectivity index (χ4n) is 3.00. The van der Waals surface area contributed by atoms with Gasteiger partial charge in [0.2, 0.25) is 0 Å². The number of carboxylic acids is 1. The van der Waals surface area contributed by atoms with Gasteiger partial charge in [-0.15, -0.1) is 11.3 Å². The number of aryl methyl sites for hydroxylation is 1. The van der Waals surface area contributed by atoms with Crippen molar-refractivity contribution in [1.29, 1.82) is 0 Å². The van der Waals surface area contributed by atoms with E-state index in [-0.39, 0.29) is 5.82 Å². The first-order valence-corrected chi connectivity index (χ1v) is 9.69. The molecular formula is C19H22F4N2O2S. The average Bonchev–Trinajstić information content (AvgIpc) is 3.03. The summed E-state index contributed by atoms with van der Waals surface area (Å²) in [5, 5.41) is 7.12. The molecule has 1 aliphatic rings. The van der Waals surface area contributed by atoms with E-state index in [1.165, 1.54) is 4.88 Å². The molecule has 0 atom stereocenters. The van der Waals surface area contributed by atoms with Gasteiger partial charge >= 0.3 is 12.1 Å². The number of piperidine rings is 1. The zero-order valence-electron chi connectivity index (χ0n) is 15.4. The molecule has 1 aliphatic heterocycles. The highest BCUT2D eigenvalue weighted by molar-refractivity contribution is 7.09. The topological polar surface area (TPSA) is 53.4 Å². The second kappa shape index (κ2) is 9.97. The van der Waals surface area contributed by atoms with Crippen LogP contribution in [-0.4, -0.2) is 40.2 Å². The summed E-state index contributed by atoms with van der Waals surface area (Å²) in [7, 11) is 0. The van der Waals surface area contributed by atoms with Gasteiger partial charge in [-0.3, -0.25) is 4.90 Å². The zero-order chi connectivity index (χ0) is 20.7. The number of hydrogen-bond acceptors (Lipinski definition) is 4. The third kappa shape index (κ3) is 6.87. The van der Waals surface area contributed by atoms with Crippen LogP contribution in [-0.2, 0) is 17.8 Å². The van der Waals surface area contributed by atoms with Gasteiger partial charge in [-0.2, -0.15) is 13.2 Å². The molecule has 1 aromatic heterocycles. The zero-order valence-corrected chi connectivity index (χ0v) is 16.2. The number of carbonyl (C=O) groups is 1. The molecule has 0 spiro atoms. The molecule has 1 saturated heterocycles. The van der Waals surface area contributed by atoms with Gasteiger partial charge in [0.05, 0.1) is 11.2 Å². The number of thiazole rings is 1. The van der Waals surface area contributed by atoms with Gasteiger partial charge in [0.15, 0.2) is 0 Å². The van der Waals surface area contributed by atoms with Crippen molar-refractivity contribution in [2.45, 2.75) is 38.9 Å². The molecule has 0 bridgehead atoms. The lowest BCUT2D eigenvalue weighted by Gasteiger charge is -2.31. The van der Waals surface area contributed by atoms with Gasteiger partial charge in [-0.1, -0.05) is 18.2 Å². The number of likely N-dealkylation sites (tertiary alicyclic amines) is 1. The fourth-order valence-corrected chi connectivity index (χ4v) is 3.82. The number of aliphatic carboxylic acids is 1. The van der Waals surface area contributed by atoms with E-state index < -0.39 is 12.1 Å². The van der Waals surface area contributed by atoms with Crippen LogP contribution in [0.3, 0.4) is 0 Å². The largest absolute Gasteiger partial charge is 0.490 e. The van der Waals surface area contributed by atoms with E-state index >= 15 is 0 Å². The number of nitrogens with zero attached hydrogens (tertiary/aromatic N) is 2. The number of benzene rings is 1. The minimum Gasteiger partial charge on any atom is -0.475 e. The highest BCUT2D eigenvalue weighted by Gasteiger charge is 2.38. The van der Waals surface area contributed by atoms with Crippen LogP contribution in [0.5, 0.6) is 0 Å². The molecule has 0 radical (unpaired) electrons. The summed E-state index contributed by atoms with van der Waals surface area (Å²) in [4.78, 5) is 17.1. The maximum atomic E-state index is 13.7. The van der Waals surface area contributed by atoms with Crippen LogP contribution < -0.4 is 0 Å². The predicted octanol–water partition coefficient (Wildman–Crippen LogP) is 4.68. The molecule has 28 heavy (non-hydrogen) atoms. The van der Waals surface area contributed by atoms with Crippen molar-refractivity contribution in [3.8, 4) is 0 Å². The van der Waals surface area contributed by atoms with Crippen molar-refractivity contribution in [1.82, 2.24) is 9.88 Å². The van der Waals surface area contributed by atoms with E-state index in [2.05, 4.69) is 16.8 Å². The Morgan fingerprint density at radius 1 is 1.29 bits per heavy atom. The Hall–Kier alpha value is -2.00. The Morgan fingerprint density at radius 2 is 1.89 bits per heavy atom. The third-order valence-electron chi connectivity index (χ3n) is 4.63. The average molecular weight is 418 g/mol. The van der Waals surface area contributed by atoms with Crippen molar-refractivity contribution >= 4 is 17.3 Å². The molecule has 1 N–H and O–H groups in total. The normalized spacial score (nSPS) is 15.8. The molecule has 0 amide bonds. The van der Waals surface area contributed by atoms with Gasteiger partial charge in [0, 0.05) is 11.4 Å². The first kappa shape index (κ1) is 22.3. The standard InChI is InChI=1S/C17H21FN2S.C2HF3O2/c1-13-17(21-12-19-13)11-20-8-6-14(7-9-20)10-15-4-2-3-5-16(15)18;3-2(4,5)1(6)7/h2-5,12,14H,6-11H2,1H3;(H,6,7). The van der Waals surface area contributed by atoms with E-state index in [9.17, 15) is 17.6 Å².